The lowest BCUT2D eigenvalue weighted by Crippen LogP contribution is -2.25. The molecule has 0 unspecified atom stereocenters. The Balaban J connectivity index is 2.50. The summed E-state index contributed by atoms with van der Waals surface area (Å²) in [5.41, 5.74) is 1.41. The summed E-state index contributed by atoms with van der Waals surface area (Å²) in [4.78, 5) is 0. The summed E-state index contributed by atoms with van der Waals surface area (Å²) < 4.78 is 0. The lowest BCUT2D eigenvalue weighted by molar-refractivity contribution is 0.438. The van der Waals surface area contributed by atoms with Crippen molar-refractivity contribution in [1.82, 2.24) is 5.32 Å². The van der Waals surface area contributed by atoms with Gasteiger partial charge in [-0.1, -0.05) is 57.5 Å². The van der Waals surface area contributed by atoms with Gasteiger partial charge >= 0.3 is 0 Å². The Kier molecular flexibility index (Phi) is 5.41. The lowest BCUT2D eigenvalue weighted by Gasteiger charge is -2.19. The van der Waals surface area contributed by atoms with Gasteiger partial charge in [0.1, 0.15) is 0 Å². The van der Waals surface area contributed by atoms with Crippen molar-refractivity contribution in [3.63, 3.8) is 0 Å². The minimum absolute atomic E-state index is 0.514. The summed E-state index contributed by atoms with van der Waals surface area (Å²) >= 11 is 0. The molecule has 0 aliphatic rings. The summed E-state index contributed by atoms with van der Waals surface area (Å²) in [6.07, 6.45) is 2.40. The molecule has 1 N–H and O–H groups in total. The van der Waals surface area contributed by atoms with Gasteiger partial charge in [-0.05, 0) is 24.4 Å². The lowest BCUT2D eigenvalue weighted by atomic mass is 10.0. The fraction of sp³-hybridized carbons (Fsp3) is 0.571. The highest BCUT2D eigenvalue weighted by atomic mass is 14.9. The average Bonchev–Trinajstić information content (AvgIpc) is 2.31. The topological polar surface area (TPSA) is 12.0 Å². The zero-order chi connectivity index (χ0) is 11.1. The van der Waals surface area contributed by atoms with E-state index in [1.54, 1.807) is 0 Å². The Hall–Kier alpha value is -0.820. The zero-order valence-corrected chi connectivity index (χ0v) is 10.2. The van der Waals surface area contributed by atoms with Gasteiger partial charge in [-0.2, -0.15) is 0 Å². The maximum absolute atomic E-state index is 3.64. The quantitative estimate of drug-likeness (QED) is 0.745. The normalized spacial score (nSPS) is 14.9. The van der Waals surface area contributed by atoms with Gasteiger partial charge in [-0.25, -0.2) is 0 Å². The molecule has 0 fully saturated rings. The van der Waals surface area contributed by atoms with Crippen molar-refractivity contribution in [2.45, 2.75) is 39.7 Å². The van der Waals surface area contributed by atoms with Gasteiger partial charge in [-0.3, -0.25) is 0 Å². The summed E-state index contributed by atoms with van der Waals surface area (Å²) in [6.45, 7) is 7.89. The second-order valence-corrected chi connectivity index (χ2v) is 4.29. The van der Waals surface area contributed by atoms with Crippen molar-refractivity contribution in [2.24, 2.45) is 5.92 Å². The van der Waals surface area contributed by atoms with Crippen LogP contribution in [0.25, 0.3) is 0 Å². The van der Waals surface area contributed by atoms with Crippen LogP contribution in [0.2, 0.25) is 0 Å². The molecule has 1 aromatic carbocycles. The first-order chi connectivity index (χ1) is 7.27. The number of rotatable bonds is 6. The van der Waals surface area contributed by atoms with Crippen LogP contribution in [0.5, 0.6) is 0 Å². The molecule has 1 nitrogen and oxygen atoms in total. The van der Waals surface area contributed by atoms with Crippen LogP contribution in [-0.4, -0.2) is 6.54 Å². The summed E-state index contributed by atoms with van der Waals surface area (Å²) in [5.74, 6) is 0.766. The third-order valence-corrected chi connectivity index (χ3v) is 3.02. The van der Waals surface area contributed by atoms with E-state index in [-0.39, 0.29) is 0 Å². The predicted octanol–water partition coefficient (Wildman–Crippen LogP) is 3.77. The van der Waals surface area contributed by atoms with Gasteiger partial charge in [0.2, 0.25) is 0 Å². The van der Waals surface area contributed by atoms with Gasteiger partial charge in [0.05, 0.1) is 0 Å². The maximum Gasteiger partial charge on any atom is 0.0317 e. The number of hydrogen-bond acceptors (Lipinski definition) is 1. The standard InChI is InChI=1S/C14H23N/c1-4-12(3)11-15-14(5-2)13-9-7-6-8-10-13/h6-10,12,14-15H,4-5,11H2,1-3H3/t12-,14-/m1/s1. The van der Waals surface area contributed by atoms with Crippen molar-refractivity contribution >= 4 is 0 Å². The minimum atomic E-state index is 0.514. The second-order valence-electron chi connectivity index (χ2n) is 4.29. The van der Waals surface area contributed by atoms with Gasteiger partial charge < -0.3 is 5.32 Å². The third-order valence-electron chi connectivity index (χ3n) is 3.02. The summed E-state index contributed by atoms with van der Waals surface area (Å²) in [7, 11) is 0. The van der Waals surface area contributed by atoms with E-state index in [2.05, 4.69) is 56.4 Å². The van der Waals surface area contributed by atoms with Crippen LogP contribution >= 0.6 is 0 Å². The van der Waals surface area contributed by atoms with Crippen molar-refractivity contribution in [3.8, 4) is 0 Å². The molecule has 1 aromatic rings. The smallest absolute Gasteiger partial charge is 0.0317 e. The van der Waals surface area contributed by atoms with Crippen molar-refractivity contribution in [2.75, 3.05) is 6.54 Å². The van der Waals surface area contributed by atoms with Crippen LogP contribution in [0.1, 0.15) is 45.2 Å². The van der Waals surface area contributed by atoms with Crippen molar-refractivity contribution in [3.05, 3.63) is 35.9 Å². The van der Waals surface area contributed by atoms with Crippen LogP contribution < -0.4 is 5.32 Å². The Morgan fingerprint density at radius 1 is 1.07 bits per heavy atom. The van der Waals surface area contributed by atoms with Crippen LogP contribution in [0.15, 0.2) is 30.3 Å². The highest BCUT2D eigenvalue weighted by Gasteiger charge is 2.08. The first-order valence-corrected chi connectivity index (χ1v) is 6.06. The molecular formula is C14H23N. The molecule has 1 rings (SSSR count). The highest BCUT2D eigenvalue weighted by Crippen LogP contribution is 2.16. The molecule has 0 aliphatic carbocycles. The molecule has 0 bridgehead atoms. The number of hydrogen-bond donors (Lipinski definition) is 1. The predicted molar refractivity (Wildman–Crippen MR) is 66.9 cm³/mol. The van der Waals surface area contributed by atoms with Crippen molar-refractivity contribution in [1.29, 1.82) is 0 Å². The molecule has 0 amide bonds. The van der Waals surface area contributed by atoms with Gasteiger partial charge in [-0.15, -0.1) is 0 Å². The van der Waals surface area contributed by atoms with Crippen LogP contribution in [0, 0.1) is 5.92 Å². The molecule has 0 spiro atoms. The average molecular weight is 205 g/mol. The van der Waals surface area contributed by atoms with E-state index < -0.39 is 0 Å². The Bertz CT molecular complexity index is 255. The van der Waals surface area contributed by atoms with Crippen LogP contribution in [0.3, 0.4) is 0 Å². The molecule has 0 aliphatic heterocycles. The van der Waals surface area contributed by atoms with E-state index in [1.807, 2.05) is 0 Å². The molecule has 2 atom stereocenters. The molecule has 15 heavy (non-hydrogen) atoms. The van der Waals surface area contributed by atoms with Crippen molar-refractivity contribution < 1.29 is 0 Å². The molecule has 0 heterocycles. The van der Waals surface area contributed by atoms with Crippen LogP contribution in [0.4, 0.5) is 0 Å². The zero-order valence-electron chi connectivity index (χ0n) is 10.2. The number of benzene rings is 1. The second kappa shape index (κ2) is 6.62. The molecule has 1 heteroatoms. The minimum Gasteiger partial charge on any atom is -0.310 e. The molecule has 84 valence electrons. The van der Waals surface area contributed by atoms with E-state index in [9.17, 15) is 0 Å². The third kappa shape index (κ3) is 4.05. The fourth-order valence-electron chi connectivity index (χ4n) is 1.67. The molecular weight excluding hydrogens is 182 g/mol. The molecule has 0 saturated heterocycles. The Morgan fingerprint density at radius 2 is 1.73 bits per heavy atom. The van der Waals surface area contributed by atoms with Gasteiger partial charge in [0.25, 0.3) is 0 Å². The van der Waals surface area contributed by atoms with E-state index in [0.717, 1.165) is 18.9 Å². The van der Waals surface area contributed by atoms with Gasteiger partial charge in [0, 0.05) is 6.04 Å². The first kappa shape index (κ1) is 12.3. The summed E-state index contributed by atoms with van der Waals surface area (Å²) in [6, 6.07) is 11.2. The fourth-order valence-corrected chi connectivity index (χ4v) is 1.67. The van der Waals surface area contributed by atoms with Crippen LogP contribution in [-0.2, 0) is 0 Å². The monoisotopic (exact) mass is 205 g/mol. The maximum atomic E-state index is 3.64. The number of nitrogens with one attached hydrogen (secondary N) is 1. The van der Waals surface area contributed by atoms with Gasteiger partial charge in [0.15, 0.2) is 0 Å². The molecule has 0 saturated carbocycles. The molecule has 0 radical (unpaired) electrons. The Labute approximate surface area is 93.9 Å². The SMILES string of the molecule is CC[C@@H](C)CN[C@H](CC)c1ccccc1. The largest absolute Gasteiger partial charge is 0.310 e. The van der Waals surface area contributed by atoms with E-state index >= 15 is 0 Å². The summed E-state index contributed by atoms with van der Waals surface area (Å²) in [5, 5.41) is 3.64. The highest BCUT2D eigenvalue weighted by molar-refractivity contribution is 5.18. The first-order valence-electron chi connectivity index (χ1n) is 6.06. The van der Waals surface area contributed by atoms with E-state index in [0.29, 0.717) is 6.04 Å². The van der Waals surface area contributed by atoms with E-state index in [4.69, 9.17) is 0 Å². The van der Waals surface area contributed by atoms with E-state index in [1.165, 1.54) is 12.0 Å². The molecule has 0 aromatic heterocycles. The Morgan fingerprint density at radius 3 is 2.27 bits per heavy atom.